The maximum absolute atomic E-state index is 5.49. The van der Waals surface area contributed by atoms with Crippen LogP contribution in [-0.4, -0.2) is 31.1 Å². The third-order valence-corrected chi connectivity index (χ3v) is 2.78. The Kier molecular flexibility index (Phi) is 7.73. The largest absolute Gasteiger partial charge is 0.478 e. The zero-order valence-electron chi connectivity index (χ0n) is 10.5. The fourth-order valence-corrected chi connectivity index (χ4v) is 1.60. The Morgan fingerprint density at radius 1 is 1.33 bits per heavy atom. The Labute approximate surface area is 121 Å². The first kappa shape index (κ1) is 15.2. The van der Waals surface area contributed by atoms with Crippen molar-refractivity contribution < 1.29 is 14.2 Å². The van der Waals surface area contributed by atoms with Crippen LogP contribution >= 0.6 is 22.6 Å². The van der Waals surface area contributed by atoms with Crippen molar-refractivity contribution in [2.45, 2.75) is 20.1 Å². The molecule has 0 bridgehead atoms. The summed E-state index contributed by atoms with van der Waals surface area (Å²) in [5, 5.41) is 0. The van der Waals surface area contributed by atoms with Gasteiger partial charge in [0, 0.05) is 19.4 Å². The summed E-state index contributed by atoms with van der Waals surface area (Å²) >= 11 is 2.19. The minimum Gasteiger partial charge on any atom is -0.478 e. The maximum atomic E-state index is 5.49. The molecule has 1 rings (SSSR count). The van der Waals surface area contributed by atoms with E-state index in [9.17, 15) is 0 Å². The number of aromatic nitrogens is 1. The lowest BCUT2D eigenvalue weighted by Gasteiger charge is -2.09. The van der Waals surface area contributed by atoms with Crippen LogP contribution < -0.4 is 4.74 Å². The van der Waals surface area contributed by atoms with Crippen LogP contribution in [0.5, 0.6) is 5.75 Å². The quantitative estimate of drug-likeness (QED) is 0.444. The fourth-order valence-electron chi connectivity index (χ4n) is 1.14. The van der Waals surface area contributed by atoms with Crippen molar-refractivity contribution in [2.75, 3.05) is 19.8 Å². The molecule has 0 atom stereocenters. The molecule has 0 spiro atoms. The van der Waals surface area contributed by atoms with Crippen LogP contribution in [0.3, 0.4) is 0 Å². The Hall–Kier alpha value is -0.840. The van der Waals surface area contributed by atoms with Crippen molar-refractivity contribution in [3.8, 4) is 17.6 Å². The van der Waals surface area contributed by atoms with Gasteiger partial charge in [-0.05, 0) is 48.4 Å². The van der Waals surface area contributed by atoms with E-state index >= 15 is 0 Å². The average molecular weight is 361 g/mol. The first-order valence-corrected chi connectivity index (χ1v) is 6.79. The molecule has 1 aromatic rings. The Morgan fingerprint density at radius 3 is 2.67 bits per heavy atom. The molecule has 1 heterocycles. The van der Waals surface area contributed by atoms with E-state index in [1.165, 1.54) is 0 Å². The van der Waals surface area contributed by atoms with Gasteiger partial charge in [0.05, 0.1) is 9.77 Å². The predicted octanol–water partition coefficient (Wildman–Crippen LogP) is 2.47. The van der Waals surface area contributed by atoms with Gasteiger partial charge < -0.3 is 14.2 Å². The van der Waals surface area contributed by atoms with Crippen molar-refractivity contribution >= 4 is 22.6 Å². The van der Waals surface area contributed by atoms with Crippen LogP contribution in [0.25, 0.3) is 0 Å². The second-order valence-corrected chi connectivity index (χ2v) is 4.32. The zero-order valence-corrected chi connectivity index (χ0v) is 12.6. The van der Waals surface area contributed by atoms with Gasteiger partial charge in [0.1, 0.15) is 6.61 Å². The molecule has 0 radical (unpaired) electrons. The fraction of sp³-hybridized carbons (Fsp3) is 0.462. The first-order valence-electron chi connectivity index (χ1n) is 5.71. The summed E-state index contributed by atoms with van der Waals surface area (Å²) in [6, 6.07) is 1.88. The number of pyridine rings is 1. The van der Waals surface area contributed by atoms with E-state index in [-0.39, 0.29) is 0 Å². The van der Waals surface area contributed by atoms with Gasteiger partial charge in [-0.25, -0.2) is 0 Å². The van der Waals surface area contributed by atoms with Crippen LogP contribution in [0.2, 0.25) is 0 Å². The van der Waals surface area contributed by atoms with Crippen LogP contribution in [0.1, 0.15) is 13.8 Å². The number of hydrogen-bond acceptors (Lipinski definition) is 4. The molecule has 0 aliphatic carbocycles. The lowest BCUT2D eigenvalue weighted by molar-refractivity contribution is -0.0970. The zero-order chi connectivity index (χ0) is 13.2. The molecule has 0 saturated carbocycles. The van der Waals surface area contributed by atoms with Gasteiger partial charge >= 0.3 is 0 Å². The van der Waals surface area contributed by atoms with E-state index in [0.29, 0.717) is 19.8 Å². The van der Waals surface area contributed by atoms with Crippen LogP contribution in [0.4, 0.5) is 0 Å². The summed E-state index contributed by atoms with van der Waals surface area (Å²) < 4.78 is 17.1. The van der Waals surface area contributed by atoms with Crippen molar-refractivity contribution in [2.24, 2.45) is 0 Å². The Bertz CT molecular complexity index is 408. The molecule has 18 heavy (non-hydrogen) atoms. The molecule has 0 unspecified atom stereocenters. The normalized spacial score (nSPS) is 10.0. The number of nitrogens with zero attached hydrogens (tertiary/aromatic N) is 1. The van der Waals surface area contributed by atoms with Crippen molar-refractivity contribution in [3.05, 3.63) is 22.0 Å². The minimum absolute atomic E-state index is 0.290. The van der Waals surface area contributed by atoms with E-state index in [0.717, 1.165) is 9.32 Å². The highest BCUT2D eigenvalue weighted by Gasteiger charge is 2.02. The van der Waals surface area contributed by atoms with Gasteiger partial charge in [0.2, 0.25) is 6.29 Å². The number of hydrogen-bond donors (Lipinski definition) is 0. The van der Waals surface area contributed by atoms with E-state index in [1.54, 1.807) is 12.4 Å². The van der Waals surface area contributed by atoms with Crippen molar-refractivity contribution in [3.63, 3.8) is 0 Å². The third-order valence-electron chi connectivity index (χ3n) is 1.89. The molecule has 0 fully saturated rings. The summed E-state index contributed by atoms with van der Waals surface area (Å²) in [4.78, 5) is 3.99. The topological polar surface area (TPSA) is 40.6 Å². The van der Waals surface area contributed by atoms with E-state index in [1.807, 2.05) is 19.9 Å². The van der Waals surface area contributed by atoms with Gasteiger partial charge in [-0.2, -0.15) is 0 Å². The highest BCUT2D eigenvalue weighted by atomic mass is 127. The smallest absolute Gasteiger partial charge is 0.222 e. The molecule has 0 aliphatic rings. The first-order chi connectivity index (χ1) is 8.77. The van der Waals surface area contributed by atoms with Gasteiger partial charge in [-0.3, -0.25) is 4.98 Å². The summed E-state index contributed by atoms with van der Waals surface area (Å²) in [5.74, 6) is 6.48. The van der Waals surface area contributed by atoms with Crippen LogP contribution in [0, 0.1) is 15.4 Å². The third kappa shape index (κ3) is 5.67. The summed E-state index contributed by atoms with van der Waals surface area (Å²) in [6.45, 7) is 5.24. The lowest BCUT2D eigenvalue weighted by atomic mass is 10.4. The van der Waals surface area contributed by atoms with Crippen molar-refractivity contribution in [1.29, 1.82) is 0 Å². The molecule has 4 nitrogen and oxygen atoms in total. The molecule has 98 valence electrons. The standard InChI is InChI=1S/C13H16INO3/c1-3-16-13(17-4-2)6-5-9-18-12-10-15-8-7-11(12)14/h7-8,10,13H,3-4,9H2,1-2H3. The molecular formula is C13H16INO3. The number of ether oxygens (including phenoxy) is 3. The highest BCUT2D eigenvalue weighted by molar-refractivity contribution is 14.1. The minimum atomic E-state index is -0.475. The van der Waals surface area contributed by atoms with Gasteiger partial charge in [-0.15, -0.1) is 0 Å². The van der Waals surface area contributed by atoms with Gasteiger partial charge in [-0.1, -0.05) is 5.92 Å². The Morgan fingerprint density at radius 2 is 2.06 bits per heavy atom. The summed E-state index contributed by atoms with van der Waals surface area (Å²) in [5.41, 5.74) is 0. The molecule has 0 amide bonds. The Balaban J connectivity index is 2.43. The van der Waals surface area contributed by atoms with Crippen LogP contribution in [-0.2, 0) is 9.47 Å². The monoisotopic (exact) mass is 361 g/mol. The van der Waals surface area contributed by atoms with Gasteiger partial charge in [0.15, 0.2) is 5.75 Å². The van der Waals surface area contributed by atoms with Crippen LogP contribution in [0.15, 0.2) is 18.5 Å². The van der Waals surface area contributed by atoms with Gasteiger partial charge in [0.25, 0.3) is 0 Å². The number of halogens is 1. The highest BCUT2D eigenvalue weighted by Crippen LogP contribution is 2.17. The molecular weight excluding hydrogens is 345 g/mol. The average Bonchev–Trinajstić information content (AvgIpc) is 2.37. The SMILES string of the molecule is CCOC(C#CCOc1cnccc1I)OCC. The summed E-state index contributed by atoms with van der Waals surface area (Å²) in [7, 11) is 0. The molecule has 1 aromatic heterocycles. The molecule has 5 heteroatoms. The summed E-state index contributed by atoms with van der Waals surface area (Å²) in [6.07, 6.45) is 2.92. The molecule has 0 N–H and O–H groups in total. The van der Waals surface area contributed by atoms with E-state index in [4.69, 9.17) is 14.2 Å². The lowest BCUT2D eigenvalue weighted by Crippen LogP contribution is -2.15. The maximum Gasteiger partial charge on any atom is 0.222 e. The molecule has 0 saturated heterocycles. The van der Waals surface area contributed by atoms with E-state index < -0.39 is 6.29 Å². The van der Waals surface area contributed by atoms with Crippen molar-refractivity contribution in [1.82, 2.24) is 4.98 Å². The van der Waals surface area contributed by atoms with E-state index in [2.05, 4.69) is 39.4 Å². The second-order valence-electron chi connectivity index (χ2n) is 3.16. The molecule has 0 aliphatic heterocycles. The molecule has 0 aromatic carbocycles. The number of rotatable bonds is 6. The second kappa shape index (κ2) is 9.14. The predicted molar refractivity (Wildman–Crippen MR) is 77.3 cm³/mol.